The van der Waals surface area contributed by atoms with Gasteiger partial charge in [-0.15, -0.1) is 0 Å². The van der Waals surface area contributed by atoms with Gasteiger partial charge in [0.25, 0.3) is 0 Å². The number of benzene rings is 1. The molecular formula is C23H30N6O2. The third-order valence-corrected chi connectivity index (χ3v) is 6.60. The molecule has 1 saturated carbocycles. The van der Waals surface area contributed by atoms with Gasteiger partial charge >= 0.3 is 0 Å². The van der Waals surface area contributed by atoms with Gasteiger partial charge < -0.3 is 15.2 Å². The first-order valence-electron chi connectivity index (χ1n) is 11.2. The number of nitrogens with one attached hydrogen (secondary N) is 1. The second-order valence-corrected chi connectivity index (χ2v) is 8.57. The van der Waals surface area contributed by atoms with Crippen LogP contribution in [-0.4, -0.2) is 68.1 Å². The van der Waals surface area contributed by atoms with E-state index in [4.69, 9.17) is 4.74 Å². The number of aliphatic hydroxyl groups excluding tert-OH is 1. The Balaban J connectivity index is 1.34. The third kappa shape index (κ3) is 4.28. The summed E-state index contributed by atoms with van der Waals surface area (Å²) in [5.74, 6) is 0.885. The van der Waals surface area contributed by atoms with E-state index in [0.717, 1.165) is 67.0 Å². The second kappa shape index (κ2) is 8.90. The monoisotopic (exact) mass is 422 g/mol. The van der Waals surface area contributed by atoms with E-state index < -0.39 is 0 Å². The number of aliphatic hydroxyl groups is 1. The van der Waals surface area contributed by atoms with Gasteiger partial charge in [0, 0.05) is 49.4 Å². The molecule has 1 aliphatic heterocycles. The fourth-order valence-corrected chi connectivity index (χ4v) is 4.95. The summed E-state index contributed by atoms with van der Waals surface area (Å²) in [5.41, 5.74) is 3.54. The summed E-state index contributed by atoms with van der Waals surface area (Å²) in [6.07, 6.45) is 8.28. The minimum absolute atomic E-state index is 0.0863. The van der Waals surface area contributed by atoms with E-state index in [0.29, 0.717) is 17.8 Å². The Kier molecular flexibility index (Phi) is 5.85. The van der Waals surface area contributed by atoms with Crippen LogP contribution >= 0.6 is 0 Å². The molecule has 8 heteroatoms. The minimum Gasteiger partial charge on any atom is -0.390 e. The molecule has 1 saturated heterocycles. The molecule has 0 spiro atoms. The number of hydrogen-bond donors (Lipinski definition) is 2. The molecule has 2 N–H and O–H groups in total. The van der Waals surface area contributed by atoms with Crippen molar-refractivity contribution in [1.29, 1.82) is 0 Å². The van der Waals surface area contributed by atoms with Gasteiger partial charge in [0.15, 0.2) is 0 Å². The zero-order valence-electron chi connectivity index (χ0n) is 18.0. The maximum absolute atomic E-state index is 9.67. The molecule has 0 radical (unpaired) electrons. The summed E-state index contributed by atoms with van der Waals surface area (Å²) < 4.78 is 7.24. The van der Waals surface area contributed by atoms with Gasteiger partial charge in [-0.05, 0) is 43.4 Å². The highest BCUT2D eigenvalue weighted by atomic mass is 16.5. The Morgan fingerprint density at radius 1 is 1.13 bits per heavy atom. The summed E-state index contributed by atoms with van der Waals surface area (Å²) in [6.45, 7) is 3.76. The van der Waals surface area contributed by atoms with Crippen molar-refractivity contribution in [1.82, 2.24) is 24.6 Å². The lowest BCUT2D eigenvalue weighted by Crippen LogP contribution is -2.46. The Morgan fingerprint density at radius 2 is 1.94 bits per heavy atom. The van der Waals surface area contributed by atoms with Gasteiger partial charge in [-0.1, -0.05) is 6.07 Å². The van der Waals surface area contributed by atoms with Crippen molar-refractivity contribution in [3.8, 4) is 11.1 Å². The van der Waals surface area contributed by atoms with E-state index in [-0.39, 0.29) is 6.61 Å². The Hall–Kier alpha value is -2.55. The van der Waals surface area contributed by atoms with Crippen LogP contribution in [0.4, 0.5) is 5.82 Å². The third-order valence-electron chi connectivity index (χ3n) is 6.60. The van der Waals surface area contributed by atoms with Gasteiger partial charge in [-0.25, -0.2) is 9.97 Å². The van der Waals surface area contributed by atoms with Gasteiger partial charge in [-0.3, -0.25) is 9.58 Å². The van der Waals surface area contributed by atoms with Crippen LogP contribution < -0.4 is 5.32 Å². The van der Waals surface area contributed by atoms with Crippen molar-refractivity contribution in [2.24, 2.45) is 7.05 Å². The van der Waals surface area contributed by atoms with Gasteiger partial charge in [0.1, 0.15) is 12.1 Å². The average molecular weight is 423 g/mol. The number of ether oxygens (including phenoxy) is 1. The highest BCUT2D eigenvalue weighted by Crippen LogP contribution is 2.31. The summed E-state index contributed by atoms with van der Waals surface area (Å²) in [4.78, 5) is 11.6. The normalized spacial score (nSPS) is 22.6. The van der Waals surface area contributed by atoms with Crippen LogP contribution in [0, 0.1) is 0 Å². The van der Waals surface area contributed by atoms with Crippen LogP contribution in [0.2, 0.25) is 0 Å². The lowest BCUT2D eigenvalue weighted by atomic mass is 9.90. The van der Waals surface area contributed by atoms with Crippen molar-refractivity contribution < 1.29 is 9.84 Å². The van der Waals surface area contributed by atoms with E-state index in [9.17, 15) is 5.11 Å². The molecule has 3 aromatic rings. The molecular weight excluding hydrogens is 392 g/mol. The minimum atomic E-state index is -0.0863. The predicted molar refractivity (Wildman–Crippen MR) is 120 cm³/mol. The first-order chi connectivity index (χ1) is 15.2. The van der Waals surface area contributed by atoms with E-state index in [1.54, 1.807) is 11.0 Å². The standard InChI is InChI=1S/C23H30N6O2/c1-28-13-20(22(14-30)27-28)16-2-7-21-19(12-16)23(25-15-24-21)26-17-3-5-18(6-4-17)29-8-10-31-11-9-29/h2,7,12-13,15,17-18,30H,3-6,8-11,14H2,1H3,(H,24,25,26)/t17-,18-. The van der Waals surface area contributed by atoms with Gasteiger partial charge in [0.05, 0.1) is 31.0 Å². The van der Waals surface area contributed by atoms with E-state index >= 15 is 0 Å². The van der Waals surface area contributed by atoms with Crippen LogP contribution in [0.25, 0.3) is 22.0 Å². The summed E-state index contributed by atoms with van der Waals surface area (Å²) in [6, 6.07) is 7.25. The number of hydrogen-bond acceptors (Lipinski definition) is 7. The van der Waals surface area contributed by atoms with Gasteiger partial charge in [-0.2, -0.15) is 5.10 Å². The van der Waals surface area contributed by atoms with Crippen molar-refractivity contribution >= 4 is 16.7 Å². The number of nitrogens with zero attached hydrogens (tertiary/aromatic N) is 5. The molecule has 3 heterocycles. The van der Waals surface area contributed by atoms with Crippen molar-refractivity contribution in [3.63, 3.8) is 0 Å². The lowest BCUT2D eigenvalue weighted by Gasteiger charge is -2.39. The predicted octanol–water partition coefficient (Wildman–Crippen LogP) is 2.58. The molecule has 1 aromatic carbocycles. The second-order valence-electron chi connectivity index (χ2n) is 8.57. The molecule has 164 valence electrons. The lowest BCUT2D eigenvalue weighted by molar-refractivity contribution is 0.00791. The van der Waals surface area contributed by atoms with Crippen LogP contribution in [0.15, 0.2) is 30.7 Å². The van der Waals surface area contributed by atoms with Crippen LogP contribution in [0.1, 0.15) is 31.4 Å². The summed E-state index contributed by atoms with van der Waals surface area (Å²) in [7, 11) is 1.87. The van der Waals surface area contributed by atoms with Crippen molar-refractivity contribution in [3.05, 3.63) is 36.4 Å². The summed E-state index contributed by atoms with van der Waals surface area (Å²) in [5, 5.41) is 18.7. The molecule has 0 amide bonds. The van der Waals surface area contributed by atoms with E-state index in [1.807, 2.05) is 25.4 Å². The van der Waals surface area contributed by atoms with Crippen LogP contribution in [-0.2, 0) is 18.4 Å². The molecule has 0 atom stereocenters. The average Bonchev–Trinajstić information content (AvgIpc) is 3.21. The molecule has 8 nitrogen and oxygen atoms in total. The molecule has 31 heavy (non-hydrogen) atoms. The highest BCUT2D eigenvalue weighted by molar-refractivity contribution is 5.92. The first-order valence-corrected chi connectivity index (χ1v) is 11.2. The topological polar surface area (TPSA) is 88.3 Å². The maximum atomic E-state index is 9.67. The zero-order chi connectivity index (χ0) is 21.2. The molecule has 2 aromatic heterocycles. The number of morpholine rings is 1. The Morgan fingerprint density at radius 3 is 2.71 bits per heavy atom. The van der Waals surface area contributed by atoms with Crippen LogP contribution in [0.3, 0.4) is 0 Å². The fourth-order valence-electron chi connectivity index (χ4n) is 4.95. The van der Waals surface area contributed by atoms with Crippen LogP contribution in [0.5, 0.6) is 0 Å². The highest BCUT2D eigenvalue weighted by Gasteiger charge is 2.27. The number of rotatable bonds is 5. The quantitative estimate of drug-likeness (QED) is 0.653. The molecule has 0 unspecified atom stereocenters. The smallest absolute Gasteiger partial charge is 0.137 e. The number of aromatic nitrogens is 4. The zero-order valence-corrected chi connectivity index (χ0v) is 18.0. The van der Waals surface area contributed by atoms with Crippen molar-refractivity contribution in [2.75, 3.05) is 31.6 Å². The van der Waals surface area contributed by atoms with E-state index in [1.165, 1.54) is 12.8 Å². The number of aryl methyl sites for hydroxylation is 1. The fraction of sp³-hybridized carbons (Fsp3) is 0.522. The first kappa shape index (κ1) is 20.4. The number of fused-ring (bicyclic) bond motifs is 1. The van der Waals surface area contributed by atoms with E-state index in [2.05, 4.69) is 31.3 Å². The van der Waals surface area contributed by atoms with Gasteiger partial charge in [0.2, 0.25) is 0 Å². The molecule has 2 fully saturated rings. The maximum Gasteiger partial charge on any atom is 0.137 e. The summed E-state index contributed by atoms with van der Waals surface area (Å²) >= 11 is 0. The Labute approximate surface area is 182 Å². The molecule has 5 rings (SSSR count). The molecule has 2 aliphatic rings. The SMILES string of the molecule is Cn1cc(-c2ccc3ncnc(N[C@H]4CC[C@H](N5CCOCC5)CC4)c3c2)c(CO)n1. The molecule has 0 bridgehead atoms. The number of anilines is 1. The van der Waals surface area contributed by atoms with Crippen molar-refractivity contribution in [2.45, 2.75) is 44.4 Å². The Bertz CT molecular complexity index is 1040. The molecule has 1 aliphatic carbocycles. The largest absolute Gasteiger partial charge is 0.390 e.